The highest BCUT2D eigenvalue weighted by Crippen LogP contribution is 2.21. The van der Waals surface area contributed by atoms with Crippen LogP contribution in [0.5, 0.6) is 0 Å². The van der Waals surface area contributed by atoms with Crippen LogP contribution in [0.1, 0.15) is 0 Å². The predicted molar refractivity (Wildman–Crippen MR) is 52.2 cm³/mol. The number of hydrogen-bond donors (Lipinski definition) is 2. The van der Waals surface area contributed by atoms with E-state index in [9.17, 15) is 4.39 Å². The Balaban J connectivity index is 2.50. The van der Waals surface area contributed by atoms with Crippen LogP contribution >= 0.6 is 11.8 Å². The zero-order valence-corrected chi connectivity index (χ0v) is 7.93. The lowest BCUT2D eigenvalue weighted by Crippen LogP contribution is -2.21. The van der Waals surface area contributed by atoms with Gasteiger partial charge < -0.3 is 10.8 Å². The van der Waals surface area contributed by atoms with Crippen molar-refractivity contribution in [3.8, 4) is 0 Å². The molecule has 0 radical (unpaired) electrons. The highest BCUT2D eigenvalue weighted by Gasteiger charge is 2.05. The van der Waals surface area contributed by atoms with Crippen LogP contribution in [0.3, 0.4) is 0 Å². The maximum absolute atomic E-state index is 13.0. The summed E-state index contributed by atoms with van der Waals surface area (Å²) in [6.45, 7) is 0.210. The van der Waals surface area contributed by atoms with Crippen LogP contribution < -0.4 is 5.73 Å². The molecule has 0 aliphatic carbocycles. The van der Waals surface area contributed by atoms with E-state index < -0.39 is 6.10 Å². The van der Waals surface area contributed by atoms with E-state index in [0.717, 1.165) is 0 Å². The Bertz CT molecular complexity index is 270. The van der Waals surface area contributed by atoms with E-state index in [1.54, 1.807) is 18.2 Å². The highest BCUT2D eigenvalue weighted by atomic mass is 32.2. The molecule has 0 heterocycles. The first-order valence-electron chi connectivity index (χ1n) is 3.99. The van der Waals surface area contributed by atoms with Crippen molar-refractivity contribution >= 4 is 11.8 Å². The summed E-state index contributed by atoms with van der Waals surface area (Å²) in [5, 5.41) is 9.14. The monoisotopic (exact) mass is 201 g/mol. The molecular weight excluding hydrogens is 189 g/mol. The maximum Gasteiger partial charge on any atom is 0.136 e. The molecule has 0 aliphatic heterocycles. The molecule has 2 nitrogen and oxygen atoms in total. The summed E-state index contributed by atoms with van der Waals surface area (Å²) < 4.78 is 13.0. The smallest absolute Gasteiger partial charge is 0.136 e. The molecule has 1 rings (SSSR count). The van der Waals surface area contributed by atoms with Crippen molar-refractivity contribution in [3.63, 3.8) is 0 Å². The SMILES string of the molecule is NCC(O)CSc1ccccc1F. The summed E-state index contributed by atoms with van der Waals surface area (Å²) in [4.78, 5) is 0.551. The van der Waals surface area contributed by atoms with Gasteiger partial charge in [-0.3, -0.25) is 0 Å². The van der Waals surface area contributed by atoms with Gasteiger partial charge in [-0.25, -0.2) is 4.39 Å². The van der Waals surface area contributed by atoms with Crippen LogP contribution in [-0.2, 0) is 0 Å². The van der Waals surface area contributed by atoms with Gasteiger partial charge >= 0.3 is 0 Å². The van der Waals surface area contributed by atoms with Gasteiger partial charge in [-0.2, -0.15) is 0 Å². The molecule has 72 valence electrons. The lowest BCUT2D eigenvalue weighted by molar-refractivity contribution is 0.208. The summed E-state index contributed by atoms with van der Waals surface area (Å²) >= 11 is 1.27. The molecule has 0 saturated carbocycles. The van der Waals surface area contributed by atoms with Crippen molar-refractivity contribution in [2.24, 2.45) is 5.73 Å². The zero-order chi connectivity index (χ0) is 9.68. The maximum atomic E-state index is 13.0. The second kappa shape index (κ2) is 5.21. The molecule has 3 N–H and O–H groups in total. The van der Waals surface area contributed by atoms with Gasteiger partial charge in [0.25, 0.3) is 0 Å². The van der Waals surface area contributed by atoms with Gasteiger partial charge in [-0.1, -0.05) is 12.1 Å². The first kappa shape index (κ1) is 10.5. The van der Waals surface area contributed by atoms with E-state index in [0.29, 0.717) is 10.6 Å². The Morgan fingerprint density at radius 2 is 2.15 bits per heavy atom. The van der Waals surface area contributed by atoms with Gasteiger partial charge in [0.15, 0.2) is 0 Å². The molecule has 0 fully saturated rings. The van der Waals surface area contributed by atoms with E-state index in [4.69, 9.17) is 10.8 Å². The van der Waals surface area contributed by atoms with Gasteiger partial charge in [0.1, 0.15) is 5.82 Å². The average molecular weight is 201 g/mol. The van der Waals surface area contributed by atoms with Gasteiger partial charge in [0.2, 0.25) is 0 Å². The fraction of sp³-hybridized carbons (Fsp3) is 0.333. The van der Waals surface area contributed by atoms with E-state index in [2.05, 4.69) is 0 Å². The summed E-state index contributed by atoms with van der Waals surface area (Å²) in [5.74, 6) is 0.175. The van der Waals surface area contributed by atoms with Crippen LogP contribution in [0, 0.1) is 5.82 Å². The number of halogens is 1. The molecule has 0 aromatic heterocycles. The summed E-state index contributed by atoms with van der Waals surface area (Å²) in [6.07, 6.45) is -0.565. The molecule has 13 heavy (non-hydrogen) atoms. The number of benzene rings is 1. The topological polar surface area (TPSA) is 46.2 Å². The molecule has 1 atom stereocenters. The lowest BCUT2D eigenvalue weighted by atomic mass is 10.3. The molecule has 0 saturated heterocycles. The number of nitrogens with two attached hydrogens (primary N) is 1. The molecule has 0 aliphatic rings. The van der Waals surface area contributed by atoms with Crippen molar-refractivity contribution < 1.29 is 9.50 Å². The van der Waals surface area contributed by atoms with Crippen molar-refractivity contribution in [1.29, 1.82) is 0 Å². The molecule has 1 unspecified atom stereocenters. The third-order valence-corrected chi connectivity index (χ3v) is 2.73. The average Bonchev–Trinajstić information content (AvgIpc) is 2.16. The number of aliphatic hydroxyl groups is 1. The largest absolute Gasteiger partial charge is 0.391 e. The zero-order valence-electron chi connectivity index (χ0n) is 7.11. The standard InChI is InChI=1S/C9H12FNOS/c10-8-3-1-2-4-9(8)13-6-7(12)5-11/h1-4,7,12H,5-6,11H2. The Labute approximate surface area is 80.9 Å². The van der Waals surface area contributed by atoms with Crippen LogP contribution in [0.15, 0.2) is 29.2 Å². The molecule has 1 aromatic rings. The van der Waals surface area contributed by atoms with Gasteiger partial charge in [-0.15, -0.1) is 11.8 Å². The van der Waals surface area contributed by atoms with Crippen LogP contribution in [-0.4, -0.2) is 23.5 Å². The second-order valence-corrected chi connectivity index (χ2v) is 3.69. The van der Waals surface area contributed by atoms with E-state index in [-0.39, 0.29) is 12.4 Å². The van der Waals surface area contributed by atoms with Crippen LogP contribution in [0.25, 0.3) is 0 Å². The molecule has 4 heteroatoms. The number of rotatable bonds is 4. The molecule has 0 bridgehead atoms. The number of thioether (sulfide) groups is 1. The minimum absolute atomic E-state index is 0.210. The highest BCUT2D eigenvalue weighted by molar-refractivity contribution is 7.99. The summed E-state index contributed by atoms with van der Waals surface area (Å²) in [7, 11) is 0. The Kier molecular flexibility index (Phi) is 4.21. The van der Waals surface area contributed by atoms with E-state index >= 15 is 0 Å². The molecule has 0 amide bonds. The van der Waals surface area contributed by atoms with Gasteiger partial charge in [0.05, 0.1) is 6.10 Å². The third-order valence-electron chi connectivity index (χ3n) is 1.54. The quantitative estimate of drug-likeness (QED) is 0.720. The van der Waals surface area contributed by atoms with Gasteiger partial charge in [0, 0.05) is 17.2 Å². The first-order valence-corrected chi connectivity index (χ1v) is 4.98. The molecular formula is C9H12FNOS. The summed E-state index contributed by atoms with van der Waals surface area (Å²) in [5.41, 5.74) is 5.22. The van der Waals surface area contributed by atoms with E-state index in [1.165, 1.54) is 17.8 Å². The third kappa shape index (κ3) is 3.34. The Morgan fingerprint density at radius 3 is 2.77 bits per heavy atom. The van der Waals surface area contributed by atoms with Crippen LogP contribution in [0.4, 0.5) is 4.39 Å². The molecule has 0 spiro atoms. The minimum atomic E-state index is -0.565. The van der Waals surface area contributed by atoms with E-state index in [1.807, 2.05) is 0 Å². The van der Waals surface area contributed by atoms with Crippen molar-refractivity contribution in [3.05, 3.63) is 30.1 Å². The number of hydrogen-bond acceptors (Lipinski definition) is 3. The van der Waals surface area contributed by atoms with Crippen molar-refractivity contribution in [1.82, 2.24) is 0 Å². The summed E-state index contributed by atoms with van der Waals surface area (Å²) in [6, 6.07) is 6.49. The first-order chi connectivity index (χ1) is 6.24. The fourth-order valence-electron chi connectivity index (χ4n) is 0.816. The van der Waals surface area contributed by atoms with Crippen molar-refractivity contribution in [2.45, 2.75) is 11.0 Å². The normalized spacial score (nSPS) is 12.8. The lowest BCUT2D eigenvalue weighted by Gasteiger charge is -2.06. The van der Waals surface area contributed by atoms with Crippen molar-refractivity contribution in [2.75, 3.05) is 12.3 Å². The Hall–Kier alpha value is -0.580. The Morgan fingerprint density at radius 1 is 1.46 bits per heavy atom. The molecule has 1 aromatic carbocycles. The number of aliphatic hydroxyl groups excluding tert-OH is 1. The van der Waals surface area contributed by atoms with Gasteiger partial charge in [-0.05, 0) is 12.1 Å². The predicted octanol–water partition coefficient (Wildman–Crippen LogP) is 1.24. The van der Waals surface area contributed by atoms with Crippen LogP contribution in [0.2, 0.25) is 0 Å². The fourth-order valence-corrected chi connectivity index (χ4v) is 1.70. The minimum Gasteiger partial charge on any atom is -0.391 e. The second-order valence-electron chi connectivity index (χ2n) is 2.63.